The molecule has 0 radical (unpaired) electrons. The Morgan fingerprint density at radius 1 is 1.00 bits per heavy atom. The van der Waals surface area contributed by atoms with Gasteiger partial charge in [-0.2, -0.15) is 0 Å². The zero-order valence-electron chi connectivity index (χ0n) is 16.9. The number of rotatable bonds is 2. The number of hydrogen-bond donors (Lipinski definition) is 0. The highest BCUT2D eigenvalue weighted by Crippen LogP contribution is 2.50. The molecule has 0 spiro atoms. The summed E-state index contributed by atoms with van der Waals surface area (Å²) >= 11 is 0. The first kappa shape index (κ1) is 17.6. The van der Waals surface area contributed by atoms with Crippen molar-refractivity contribution in [3.63, 3.8) is 0 Å². The van der Waals surface area contributed by atoms with Crippen LogP contribution in [0.4, 0.5) is 0 Å². The van der Waals surface area contributed by atoms with Crippen LogP contribution in [0.5, 0.6) is 0 Å². The van der Waals surface area contributed by atoms with Gasteiger partial charge in [-0.25, -0.2) is 9.78 Å². The van der Waals surface area contributed by atoms with Gasteiger partial charge in [0.25, 0.3) is 0 Å². The molecule has 144 valence electrons. The lowest BCUT2D eigenvalue weighted by atomic mass is 9.79. The number of ether oxygens (including phenoxy) is 1. The van der Waals surface area contributed by atoms with Crippen LogP contribution in [0.25, 0.3) is 10.9 Å². The molecular weight excluding hydrogens is 362 g/mol. The van der Waals surface area contributed by atoms with Gasteiger partial charge in [-0.15, -0.1) is 0 Å². The molecule has 3 heterocycles. The monoisotopic (exact) mass is 383 g/mol. The van der Waals surface area contributed by atoms with Crippen molar-refractivity contribution < 1.29 is 9.53 Å². The second-order valence-corrected chi connectivity index (χ2v) is 7.68. The predicted molar refractivity (Wildman–Crippen MR) is 111 cm³/mol. The molecule has 0 fully saturated rings. The number of hydrogen-bond acceptors (Lipinski definition) is 4. The van der Waals surface area contributed by atoms with Gasteiger partial charge in [-0.1, -0.05) is 42.0 Å². The third kappa shape index (κ3) is 2.24. The number of cyclic esters (lactones) is 1. The van der Waals surface area contributed by atoms with Crippen molar-refractivity contribution in [2.45, 2.75) is 26.4 Å². The molecule has 0 bridgehead atoms. The Bertz CT molecular complexity index is 1300. The van der Waals surface area contributed by atoms with Crippen molar-refractivity contribution in [1.82, 2.24) is 14.5 Å². The predicted octanol–water partition coefficient (Wildman–Crippen LogP) is 4.36. The molecule has 1 aliphatic rings. The fourth-order valence-electron chi connectivity index (χ4n) is 4.64. The number of aryl methyl sites for hydroxylation is 3. The normalized spacial score (nSPS) is 18.1. The largest absolute Gasteiger partial charge is 0.438 e. The fourth-order valence-corrected chi connectivity index (χ4v) is 4.64. The van der Waals surface area contributed by atoms with Crippen molar-refractivity contribution in [3.05, 3.63) is 94.2 Å². The molecule has 0 N–H and O–H groups in total. The minimum absolute atomic E-state index is 0.278. The van der Waals surface area contributed by atoms with E-state index in [-0.39, 0.29) is 5.69 Å². The molecule has 5 nitrogen and oxygen atoms in total. The van der Waals surface area contributed by atoms with E-state index in [2.05, 4.69) is 46.6 Å². The summed E-state index contributed by atoms with van der Waals surface area (Å²) < 4.78 is 8.37. The second kappa shape index (κ2) is 6.01. The Morgan fingerprint density at radius 2 is 1.76 bits per heavy atom. The van der Waals surface area contributed by atoms with Crippen LogP contribution in [0.3, 0.4) is 0 Å². The minimum atomic E-state index is -1.14. The molecule has 1 aliphatic heterocycles. The first-order valence-electron chi connectivity index (χ1n) is 9.62. The van der Waals surface area contributed by atoms with Crippen LogP contribution in [-0.4, -0.2) is 20.5 Å². The van der Waals surface area contributed by atoms with Crippen molar-refractivity contribution in [2.75, 3.05) is 0 Å². The molecule has 5 heteroatoms. The average Bonchev–Trinajstić information content (AvgIpc) is 3.15. The van der Waals surface area contributed by atoms with E-state index in [9.17, 15) is 4.79 Å². The van der Waals surface area contributed by atoms with E-state index in [0.29, 0.717) is 5.69 Å². The van der Waals surface area contributed by atoms with Gasteiger partial charge in [0.05, 0.1) is 0 Å². The molecular formula is C24H21N3O2. The van der Waals surface area contributed by atoms with Crippen molar-refractivity contribution in [3.8, 4) is 0 Å². The van der Waals surface area contributed by atoms with Gasteiger partial charge in [-0.05, 0) is 32.4 Å². The average molecular weight is 383 g/mol. The summed E-state index contributed by atoms with van der Waals surface area (Å²) in [6, 6.07) is 14.4. The van der Waals surface area contributed by atoms with Crippen molar-refractivity contribution >= 4 is 16.9 Å². The fraction of sp³-hybridized carbons (Fsp3) is 0.208. The number of nitrogens with zero attached hydrogens (tertiary/aromatic N) is 3. The number of aromatic nitrogens is 3. The van der Waals surface area contributed by atoms with E-state index in [1.54, 1.807) is 6.20 Å². The maximum absolute atomic E-state index is 12.9. The van der Waals surface area contributed by atoms with Gasteiger partial charge < -0.3 is 9.30 Å². The number of esters is 1. The maximum atomic E-state index is 12.9. The number of para-hydroxylation sites is 1. The van der Waals surface area contributed by atoms with Crippen molar-refractivity contribution in [1.29, 1.82) is 0 Å². The number of fused-ring (bicyclic) bond motifs is 2. The highest BCUT2D eigenvalue weighted by Gasteiger charge is 2.53. The van der Waals surface area contributed by atoms with Crippen LogP contribution in [-0.2, 0) is 17.4 Å². The Morgan fingerprint density at radius 3 is 2.55 bits per heavy atom. The molecule has 5 rings (SSSR count). The zero-order valence-corrected chi connectivity index (χ0v) is 16.9. The van der Waals surface area contributed by atoms with Gasteiger partial charge in [0.15, 0.2) is 5.69 Å². The van der Waals surface area contributed by atoms with Gasteiger partial charge in [-0.3, -0.25) is 4.98 Å². The second-order valence-electron chi connectivity index (χ2n) is 7.68. The zero-order chi connectivity index (χ0) is 20.3. The molecule has 2 aromatic carbocycles. The van der Waals surface area contributed by atoms with Gasteiger partial charge in [0, 0.05) is 47.2 Å². The smallest absolute Gasteiger partial charge is 0.360 e. The van der Waals surface area contributed by atoms with Gasteiger partial charge in [0.2, 0.25) is 5.60 Å². The minimum Gasteiger partial charge on any atom is -0.438 e. The van der Waals surface area contributed by atoms with Crippen LogP contribution in [0.15, 0.2) is 54.9 Å². The maximum Gasteiger partial charge on any atom is 0.360 e. The van der Waals surface area contributed by atoms with Crippen LogP contribution >= 0.6 is 0 Å². The van der Waals surface area contributed by atoms with E-state index in [1.807, 2.05) is 38.2 Å². The lowest BCUT2D eigenvalue weighted by molar-refractivity contribution is 0.0241. The Balaban J connectivity index is 1.98. The molecule has 0 saturated carbocycles. The standard InChI is InChI=1S/C24H21N3O2/c1-14-9-10-18(15(2)13-14)24(22-21(23(28)29-24)25-11-12-26-22)20-16(3)27(4)19-8-6-5-7-17(19)20/h5-13H,1-4H3. The lowest BCUT2D eigenvalue weighted by Gasteiger charge is -2.31. The van der Waals surface area contributed by atoms with Crippen LogP contribution < -0.4 is 0 Å². The topological polar surface area (TPSA) is 57.0 Å². The first-order chi connectivity index (χ1) is 13.9. The van der Waals surface area contributed by atoms with Crippen molar-refractivity contribution in [2.24, 2.45) is 7.05 Å². The molecule has 2 aromatic heterocycles. The lowest BCUT2D eigenvalue weighted by Crippen LogP contribution is -2.32. The van der Waals surface area contributed by atoms with Crippen LogP contribution in [0.2, 0.25) is 0 Å². The quantitative estimate of drug-likeness (QED) is 0.483. The summed E-state index contributed by atoms with van der Waals surface area (Å²) in [6.45, 7) is 6.16. The van der Waals surface area contributed by atoms with Crippen LogP contribution in [0.1, 0.15) is 44.1 Å². The third-order valence-electron chi connectivity index (χ3n) is 5.98. The summed E-state index contributed by atoms with van der Waals surface area (Å²) in [7, 11) is 2.03. The molecule has 1 atom stereocenters. The summed E-state index contributed by atoms with van der Waals surface area (Å²) in [5.74, 6) is -0.444. The SMILES string of the molecule is Cc1ccc(C2(c3c(C)n(C)c4ccccc34)OC(=O)c3nccnc32)c(C)c1. The molecule has 4 aromatic rings. The van der Waals surface area contributed by atoms with E-state index < -0.39 is 11.6 Å². The van der Waals surface area contributed by atoms with Gasteiger partial charge >= 0.3 is 5.97 Å². The Kier molecular flexibility index (Phi) is 3.65. The highest BCUT2D eigenvalue weighted by molar-refractivity contribution is 5.96. The van der Waals surface area contributed by atoms with E-state index >= 15 is 0 Å². The molecule has 1 unspecified atom stereocenters. The first-order valence-corrected chi connectivity index (χ1v) is 9.62. The summed E-state index contributed by atoms with van der Waals surface area (Å²) in [4.78, 5) is 21.9. The van der Waals surface area contributed by atoms with Gasteiger partial charge in [0.1, 0.15) is 5.69 Å². The number of carbonyl (C=O) groups is 1. The number of carbonyl (C=O) groups excluding carboxylic acids is 1. The summed E-state index contributed by atoms with van der Waals surface area (Å²) in [5, 5.41) is 1.04. The third-order valence-corrected chi connectivity index (χ3v) is 5.98. The Labute approximate surface area is 169 Å². The highest BCUT2D eigenvalue weighted by atomic mass is 16.6. The van der Waals surface area contributed by atoms with E-state index in [1.165, 1.54) is 6.20 Å². The molecule has 0 saturated heterocycles. The molecule has 0 aliphatic carbocycles. The molecule has 0 amide bonds. The van der Waals surface area contributed by atoms with E-state index in [4.69, 9.17) is 4.74 Å². The number of benzene rings is 2. The van der Waals surface area contributed by atoms with Crippen LogP contribution in [0, 0.1) is 20.8 Å². The molecule has 29 heavy (non-hydrogen) atoms. The summed E-state index contributed by atoms with van der Waals surface area (Å²) in [6.07, 6.45) is 3.16. The Hall–Kier alpha value is -3.47. The summed E-state index contributed by atoms with van der Waals surface area (Å²) in [5.41, 5.74) is 5.85. The van der Waals surface area contributed by atoms with E-state index in [0.717, 1.165) is 38.9 Å².